The molecule has 4 rings (SSSR count). The molecule has 0 saturated heterocycles. The molecule has 0 aliphatic heterocycles. The van der Waals surface area contributed by atoms with E-state index in [9.17, 15) is 14.0 Å². The predicted molar refractivity (Wildman–Crippen MR) is 122 cm³/mol. The van der Waals surface area contributed by atoms with E-state index in [0.717, 1.165) is 0 Å². The maximum absolute atomic E-state index is 13.8. The monoisotopic (exact) mass is 471 g/mol. The van der Waals surface area contributed by atoms with Crippen LogP contribution in [0.5, 0.6) is 5.75 Å². The van der Waals surface area contributed by atoms with Crippen LogP contribution in [-0.2, 0) is 11.3 Å². The molecule has 1 aromatic heterocycles. The minimum atomic E-state index is -0.549. The summed E-state index contributed by atoms with van der Waals surface area (Å²) in [7, 11) is 0. The number of ether oxygens (including phenoxy) is 1. The minimum Gasteiger partial charge on any atom is -0.482 e. The summed E-state index contributed by atoms with van der Waals surface area (Å²) in [5.74, 6) is -0.581. The van der Waals surface area contributed by atoms with Gasteiger partial charge in [0, 0.05) is 16.5 Å². The molecule has 0 radical (unpaired) electrons. The summed E-state index contributed by atoms with van der Waals surface area (Å²) in [5.41, 5.74) is 0.611. The third kappa shape index (κ3) is 4.93. The first-order valence-electron chi connectivity index (χ1n) is 9.56. The summed E-state index contributed by atoms with van der Waals surface area (Å²) in [6.45, 7) is -0.323. The quantitative estimate of drug-likeness (QED) is 0.331. The largest absolute Gasteiger partial charge is 0.482 e. The maximum atomic E-state index is 13.8. The molecule has 0 aliphatic rings. The molecule has 0 bridgehead atoms. The molecule has 0 fully saturated rings. The first kappa shape index (κ1) is 21.9. The lowest BCUT2D eigenvalue weighted by Gasteiger charge is -2.24. The highest BCUT2D eigenvalue weighted by molar-refractivity contribution is 6.35. The molecule has 8 heteroatoms. The van der Waals surface area contributed by atoms with Crippen LogP contribution in [0.4, 0.5) is 10.1 Å². The molecule has 32 heavy (non-hydrogen) atoms. The van der Waals surface area contributed by atoms with Gasteiger partial charge in [0.05, 0.1) is 17.3 Å². The number of fused-ring (bicyclic) bond motifs is 1. The van der Waals surface area contributed by atoms with Gasteiger partial charge in [0.1, 0.15) is 11.6 Å². The Balaban J connectivity index is 1.70. The SMILES string of the molecule is O=C(COc1ccc(Cl)cc1Cl)N(Cc1cccc(F)c1)c1cccc2ccc(=O)oc12. The lowest BCUT2D eigenvalue weighted by molar-refractivity contribution is -0.120. The molecule has 0 N–H and O–H groups in total. The molecule has 0 spiro atoms. The van der Waals surface area contributed by atoms with Crippen molar-refractivity contribution in [2.24, 2.45) is 0 Å². The normalized spacial score (nSPS) is 10.8. The topological polar surface area (TPSA) is 59.8 Å². The fourth-order valence-corrected chi connectivity index (χ4v) is 3.69. The van der Waals surface area contributed by atoms with Crippen molar-refractivity contribution in [3.8, 4) is 5.75 Å². The van der Waals surface area contributed by atoms with E-state index < -0.39 is 17.3 Å². The summed E-state index contributed by atoms with van der Waals surface area (Å²) in [6.07, 6.45) is 0. The number of rotatable bonds is 6. The second-order valence-electron chi connectivity index (χ2n) is 6.92. The van der Waals surface area contributed by atoms with Crippen LogP contribution in [0, 0.1) is 5.82 Å². The molecule has 162 valence electrons. The van der Waals surface area contributed by atoms with Gasteiger partial charge in [-0.05, 0) is 48.0 Å². The number of benzene rings is 3. The van der Waals surface area contributed by atoms with E-state index >= 15 is 0 Å². The second kappa shape index (κ2) is 9.42. The number of amides is 1. The third-order valence-corrected chi connectivity index (χ3v) is 5.22. The van der Waals surface area contributed by atoms with Crippen LogP contribution in [0.15, 0.2) is 82.0 Å². The average molecular weight is 472 g/mol. The predicted octanol–water partition coefficient (Wildman–Crippen LogP) is 5.85. The van der Waals surface area contributed by atoms with Crippen molar-refractivity contribution in [2.75, 3.05) is 11.5 Å². The molecule has 1 heterocycles. The number of halogens is 3. The van der Waals surface area contributed by atoms with Crippen LogP contribution < -0.4 is 15.3 Å². The van der Waals surface area contributed by atoms with Crippen LogP contribution in [0.25, 0.3) is 11.0 Å². The van der Waals surface area contributed by atoms with Crippen molar-refractivity contribution in [3.63, 3.8) is 0 Å². The number of anilines is 1. The van der Waals surface area contributed by atoms with E-state index in [2.05, 4.69) is 0 Å². The van der Waals surface area contributed by atoms with Crippen molar-refractivity contribution >= 4 is 45.8 Å². The molecule has 0 unspecified atom stereocenters. The average Bonchev–Trinajstić information content (AvgIpc) is 2.76. The van der Waals surface area contributed by atoms with Crippen LogP contribution in [0.2, 0.25) is 10.0 Å². The lowest BCUT2D eigenvalue weighted by atomic mass is 10.1. The number of carbonyl (C=O) groups excluding carboxylic acids is 1. The highest BCUT2D eigenvalue weighted by Gasteiger charge is 2.21. The molecule has 0 saturated carbocycles. The third-order valence-electron chi connectivity index (χ3n) is 4.69. The van der Waals surface area contributed by atoms with Gasteiger partial charge in [0.25, 0.3) is 5.91 Å². The summed E-state index contributed by atoms with van der Waals surface area (Å²) in [6, 6.07) is 18.6. The molecule has 4 aromatic rings. The van der Waals surface area contributed by atoms with E-state index in [1.165, 1.54) is 29.2 Å². The second-order valence-corrected chi connectivity index (χ2v) is 7.77. The highest BCUT2D eigenvalue weighted by Crippen LogP contribution is 2.29. The summed E-state index contributed by atoms with van der Waals surface area (Å²) < 4.78 is 24.7. The van der Waals surface area contributed by atoms with Crippen LogP contribution >= 0.6 is 23.2 Å². The van der Waals surface area contributed by atoms with E-state index in [-0.39, 0.29) is 23.8 Å². The first-order chi connectivity index (χ1) is 15.4. The van der Waals surface area contributed by atoms with Gasteiger partial charge in [-0.2, -0.15) is 0 Å². The molecule has 3 aromatic carbocycles. The minimum absolute atomic E-state index is 0.0338. The van der Waals surface area contributed by atoms with Crippen LogP contribution in [0.1, 0.15) is 5.56 Å². The number of hydrogen-bond donors (Lipinski definition) is 0. The Labute approximate surface area is 192 Å². The van der Waals surface area contributed by atoms with Crippen molar-refractivity contribution in [1.29, 1.82) is 0 Å². The van der Waals surface area contributed by atoms with E-state index in [1.54, 1.807) is 48.5 Å². The van der Waals surface area contributed by atoms with E-state index in [4.69, 9.17) is 32.4 Å². The lowest BCUT2D eigenvalue weighted by Crippen LogP contribution is -2.34. The zero-order valence-corrected chi connectivity index (χ0v) is 18.1. The van der Waals surface area contributed by atoms with Crippen LogP contribution in [-0.4, -0.2) is 12.5 Å². The van der Waals surface area contributed by atoms with E-state index in [0.29, 0.717) is 27.4 Å². The molecule has 5 nitrogen and oxygen atoms in total. The summed E-state index contributed by atoms with van der Waals surface area (Å²) >= 11 is 12.0. The van der Waals surface area contributed by atoms with Gasteiger partial charge in [-0.15, -0.1) is 0 Å². The van der Waals surface area contributed by atoms with Gasteiger partial charge >= 0.3 is 5.63 Å². The van der Waals surface area contributed by atoms with Crippen molar-refractivity contribution in [2.45, 2.75) is 6.54 Å². The fraction of sp³-hybridized carbons (Fsp3) is 0.0833. The zero-order chi connectivity index (χ0) is 22.7. The Hall–Kier alpha value is -3.35. The molecular weight excluding hydrogens is 456 g/mol. The van der Waals surface area contributed by atoms with Crippen LogP contribution in [0.3, 0.4) is 0 Å². The van der Waals surface area contributed by atoms with Gasteiger partial charge in [-0.1, -0.05) is 47.5 Å². The number of para-hydroxylation sites is 1. The number of carbonyl (C=O) groups is 1. The standard InChI is InChI=1S/C24H16Cl2FNO4/c25-17-8-9-21(19(26)12-17)31-14-22(29)28(13-15-3-1-5-18(27)11-15)20-6-2-4-16-7-10-23(30)32-24(16)20/h1-12H,13-14H2. The van der Waals surface area contributed by atoms with Crippen molar-refractivity contribution in [3.05, 3.63) is 105 Å². The molecule has 0 aliphatic carbocycles. The van der Waals surface area contributed by atoms with Gasteiger partial charge in [-0.25, -0.2) is 9.18 Å². The maximum Gasteiger partial charge on any atom is 0.336 e. The first-order valence-corrected chi connectivity index (χ1v) is 10.3. The Morgan fingerprint density at radius 1 is 1.00 bits per heavy atom. The summed E-state index contributed by atoms with van der Waals surface area (Å²) in [5, 5.41) is 1.34. The molecule has 1 amide bonds. The highest BCUT2D eigenvalue weighted by atomic mass is 35.5. The summed E-state index contributed by atoms with van der Waals surface area (Å²) in [4.78, 5) is 26.4. The Kier molecular flexibility index (Phi) is 6.44. The Bertz CT molecular complexity index is 1360. The van der Waals surface area contributed by atoms with Gasteiger partial charge < -0.3 is 14.1 Å². The Morgan fingerprint density at radius 2 is 1.81 bits per heavy atom. The van der Waals surface area contributed by atoms with Gasteiger partial charge in [0.15, 0.2) is 12.2 Å². The van der Waals surface area contributed by atoms with Gasteiger partial charge in [0.2, 0.25) is 0 Å². The zero-order valence-electron chi connectivity index (χ0n) is 16.6. The number of nitrogens with zero attached hydrogens (tertiary/aromatic N) is 1. The number of hydrogen-bond acceptors (Lipinski definition) is 4. The smallest absolute Gasteiger partial charge is 0.336 e. The Morgan fingerprint density at radius 3 is 2.59 bits per heavy atom. The molecule has 0 atom stereocenters. The van der Waals surface area contributed by atoms with E-state index in [1.807, 2.05) is 0 Å². The fourth-order valence-electron chi connectivity index (χ4n) is 3.22. The van der Waals surface area contributed by atoms with Gasteiger partial charge in [-0.3, -0.25) is 4.79 Å². The molecular formula is C24H16Cl2FNO4. The van der Waals surface area contributed by atoms with Crippen molar-refractivity contribution in [1.82, 2.24) is 0 Å². The van der Waals surface area contributed by atoms with Crippen molar-refractivity contribution < 1.29 is 18.3 Å².